The standard InChI is InChI=1S/C9H21N.C2H6/c1-5-6-7-8(2)9(3)10-4;1-2/h8-10H,5-7H2,1-4H3;1-2H3. The van der Waals surface area contributed by atoms with Gasteiger partial charge in [0, 0.05) is 6.04 Å². The number of unbranched alkanes of at least 4 members (excludes halogenated alkanes) is 1. The zero-order chi connectivity index (χ0) is 9.98. The van der Waals surface area contributed by atoms with Crippen molar-refractivity contribution >= 4 is 0 Å². The monoisotopic (exact) mass is 173 g/mol. The Kier molecular flexibility index (Phi) is 13.2. The summed E-state index contributed by atoms with van der Waals surface area (Å²) in [7, 11) is 2.03. The van der Waals surface area contributed by atoms with E-state index < -0.39 is 0 Å². The number of hydrogen-bond donors (Lipinski definition) is 1. The van der Waals surface area contributed by atoms with Crippen molar-refractivity contribution in [3.8, 4) is 0 Å². The van der Waals surface area contributed by atoms with Gasteiger partial charge in [0.05, 0.1) is 0 Å². The maximum absolute atomic E-state index is 3.27. The largest absolute Gasteiger partial charge is 0.317 e. The van der Waals surface area contributed by atoms with Crippen LogP contribution in [0.15, 0.2) is 0 Å². The fourth-order valence-electron chi connectivity index (χ4n) is 1.06. The molecule has 1 N–H and O–H groups in total. The molecule has 0 aliphatic rings. The fourth-order valence-corrected chi connectivity index (χ4v) is 1.06. The van der Waals surface area contributed by atoms with E-state index in [1.54, 1.807) is 0 Å². The number of nitrogens with one attached hydrogen (secondary N) is 1. The molecule has 12 heavy (non-hydrogen) atoms. The lowest BCUT2D eigenvalue weighted by Crippen LogP contribution is -2.28. The van der Waals surface area contributed by atoms with E-state index in [4.69, 9.17) is 0 Å². The van der Waals surface area contributed by atoms with E-state index in [9.17, 15) is 0 Å². The molecule has 0 saturated carbocycles. The highest BCUT2D eigenvalue weighted by Gasteiger charge is 2.07. The van der Waals surface area contributed by atoms with Gasteiger partial charge in [-0.1, -0.05) is 40.5 Å². The summed E-state index contributed by atoms with van der Waals surface area (Å²) < 4.78 is 0. The summed E-state index contributed by atoms with van der Waals surface area (Å²) in [5, 5.41) is 3.27. The van der Waals surface area contributed by atoms with Crippen LogP contribution in [-0.4, -0.2) is 13.1 Å². The minimum atomic E-state index is 0.673. The zero-order valence-corrected chi connectivity index (χ0v) is 9.78. The normalized spacial score (nSPS) is 14.5. The van der Waals surface area contributed by atoms with E-state index in [-0.39, 0.29) is 0 Å². The van der Waals surface area contributed by atoms with E-state index in [0.717, 1.165) is 5.92 Å². The summed E-state index contributed by atoms with van der Waals surface area (Å²) in [6.45, 7) is 10.8. The molecule has 0 amide bonds. The van der Waals surface area contributed by atoms with Crippen LogP contribution in [0.1, 0.15) is 53.9 Å². The summed E-state index contributed by atoms with van der Waals surface area (Å²) in [4.78, 5) is 0. The van der Waals surface area contributed by atoms with Crippen LogP contribution in [0.5, 0.6) is 0 Å². The van der Waals surface area contributed by atoms with Gasteiger partial charge in [0.2, 0.25) is 0 Å². The van der Waals surface area contributed by atoms with Gasteiger partial charge in [-0.2, -0.15) is 0 Å². The predicted molar refractivity (Wildman–Crippen MR) is 58.6 cm³/mol. The average Bonchev–Trinajstić information content (AvgIpc) is 2.16. The molecule has 0 radical (unpaired) electrons. The minimum Gasteiger partial charge on any atom is -0.317 e. The van der Waals surface area contributed by atoms with Gasteiger partial charge >= 0.3 is 0 Å². The van der Waals surface area contributed by atoms with Gasteiger partial charge in [-0.25, -0.2) is 0 Å². The number of hydrogen-bond acceptors (Lipinski definition) is 1. The first kappa shape index (κ1) is 14.5. The Balaban J connectivity index is 0. The van der Waals surface area contributed by atoms with Crippen LogP contribution in [0.25, 0.3) is 0 Å². The van der Waals surface area contributed by atoms with Crippen LogP contribution in [0.3, 0.4) is 0 Å². The summed E-state index contributed by atoms with van der Waals surface area (Å²) in [5.41, 5.74) is 0. The predicted octanol–water partition coefficient (Wildman–Crippen LogP) is 3.45. The van der Waals surface area contributed by atoms with Gasteiger partial charge < -0.3 is 5.32 Å². The van der Waals surface area contributed by atoms with E-state index in [0.29, 0.717) is 6.04 Å². The quantitative estimate of drug-likeness (QED) is 0.671. The Morgan fingerprint density at radius 1 is 1.17 bits per heavy atom. The van der Waals surface area contributed by atoms with Gasteiger partial charge in [-0.15, -0.1) is 0 Å². The molecule has 2 atom stereocenters. The van der Waals surface area contributed by atoms with Crippen molar-refractivity contribution in [3.05, 3.63) is 0 Å². The molecule has 0 bridgehead atoms. The molecule has 1 heteroatoms. The van der Waals surface area contributed by atoms with Gasteiger partial charge in [0.1, 0.15) is 0 Å². The second-order valence-electron chi connectivity index (χ2n) is 3.20. The van der Waals surface area contributed by atoms with Gasteiger partial charge in [0.25, 0.3) is 0 Å². The van der Waals surface area contributed by atoms with Crippen LogP contribution >= 0.6 is 0 Å². The van der Waals surface area contributed by atoms with Crippen LogP contribution < -0.4 is 5.32 Å². The molecule has 0 aromatic rings. The summed E-state index contributed by atoms with van der Waals surface area (Å²) in [5.74, 6) is 0.824. The Bertz CT molecular complexity index is 71.4. The smallest absolute Gasteiger partial charge is 0.00613 e. The second-order valence-corrected chi connectivity index (χ2v) is 3.20. The third kappa shape index (κ3) is 8.06. The molecule has 2 unspecified atom stereocenters. The molecule has 0 saturated heterocycles. The first-order valence-corrected chi connectivity index (χ1v) is 5.39. The highest BCUT2D eigenvalue weighted by molar-refractivity contribution is 4.65. The molecule has 0 heterocycles. The molecule has 0 rings (SSSR count). The third-order valence-electron chi connectivity index (χ3n) is 2.32. The van der Waals surface area contributed by atoms with Gasteiger partial charge in [0.15, 0.2) is 0 Å². The van der Waals surface area contributed by atoms with Crippen LogP contribution in [0, 0.1) is 5.92 Å². The maximum Gasteiger partial charge on any atom is 0.00613 e. The molecule has 0 aromatic carbocycles. The summed E-state index contributed by atoms with van der Waals surface area (Å²) >= 11 is 0. The molecular formula is C11H27N. The van der Waals surface area contributed by atoms with E-state index in [2.05, 4.69) is 26.1 Å². The number of rotatable bonds is 5. The van der Waals surface area contributed by atoms with Crippen molar-refractivity contribution < 1.29 is 0 Å². The third-order valence-corrected chi connectivity index (χ3v) is 2.32. The average molecular weight is 173 g/mol. The maximum atomic E-state index is 3.27. The molecule has 0 aliphatic carbocycles. The Labute approximate surface area is 78.9 Å². The van der Waals surface area contributed by atoms with Crippen molar-refractivity contribution in [2.24, 2.45) is 5.92 Å². The second kappa shape index (κ2) is 11.0. The van der Waals surface area contributed by atoms with Crippen molar-refractivity contribution in [1.29, 1.82) is 0 Å². The SMILES string of the molecule is CC.CCCCC(C)C(C)NC. The first-order valence-electron chi connectivity index (χ1n) is 5.39. The van der Waals surface area contributed by atoms with E-state index in [1.165, 1.54) is 19.3 Å². The molecular weight excluding hydrogens is 146 g/mol. The van der Waals surface area contributed by atoms with Gasteiger partial charge in [-0.3, -0.25) is 0 Å². The fraction of sp³-hybridized carbons (Fsp3) is 1.00. The lowest BCUT2D eigenvalue weighted by Gasteiger charge is -2.18. The highest BCUT2D eigenvalue weighted by atomic mass is 14.9. The van der Waals surface area contributed by atoms with Crippen LogP contribution in [0.4, 0.5) is 0 Å². The topological polar surface area (TPSA) is 12.0 Å². The lowest BCUT2D eigenvalue weighted by molar-refractivity contribution is 0.390. The zero-order valence-electron chi connectivity index (χ0n) is 9.78. The van der Waals surface area contributed by atoms with Crippen molar-refractivity contribution in [2.75, 3.05) is 7.05 Å². The van der Waals surface area contributed by atoms with E-state index >= 15 is 0 Å². The van der Waals surface area contributed by atoms with Crippen LogP contribution in [-0.2, 0) is 0 Å². The molecule has 0 aromatic heterocycles. The Morgan fingerprint density at radius 2 is 1.67 bits per heavy atom. The summed E-state index contributed by atoms with van der Waals surface area (Å²) in [6, 6.07) is 0.673. The lowest BCUT2D eigenvalue weighted by atomic mass is 9.97. The Hall–Kier alpha value is -0.0400. The Morgan fingerprint density at radius 3 is 2.00 bits per heavy atom. The van der Waals surface area contributed by atoms with E-state index in [1.807, 2.05) is 20.9 Å². The van der Waals surface area contributed by atoms with Gasteiger partial charge in [-0.05, 0) is 26.3 Å². The molecule has 76 valence electrons. The molecule has 0 spiro atoms. The minimum absolute atomic E-state index is 0.673. The highest BCUT2D eigenvalue weighted by Crippen LogP contribution is 2.10. The molecule has 0 fully saturated rings. The van der Waals surface area contributed by atoms with Crippen molar-refractivity contribution in [3.63, 3.8) is 0 Å². The first-order chi connectivity index (χ1) is 5.72. The molecule has 0 aliphatic heterocycles. The summed E-state index contributed by atoms with van der Waals surface area (Å²) in [6.07, 6.45) is 4.05. The van der Waals surface area contributed by atoms with Crippen molar-refractivity contribution in [2.45, 2.75) is 59.9 Å². The van der Waals surface area contributed by atoms with Crippen LogP contribution in [0.2, 0.25) is 0 Å². The van der Waals surface area contributed by atoms with Crippen molar-refractivity contribution in [1.82, 2.24) is 5.32 Å². The molecule has 1 nitrogen and oxygen atoms in total.